The molecule has 1 fully saturated rings. The number of benzene rings is 1. The van der Waals surface area contributed by atoms with E-state index in [0.29, 0.717) is 19.5 Å². The van der Waals surface area contributed by atoms with E-state index in [-0.39, 0.29) is 30.6 Å². The molecule has 0 bridgehead atoms. The summed E-state index contributed by atoms with van der Waals surface area (Å²) in [5.41, 5.74) is -1.26. The van der Waals surface area contributed by atoms with Crippen LogP contribution >= 0.6 is 0 Å². The third kappa shape index (κ3) is 4.28. The highest BCUT2D eigenvalue weighted by Gasteiger charge is 2.35. The summed E-state index contributed by atoms with van der Waals surface area (Å²) in [6.45, 7) is 2.63. The molecule has 1 unspecified atom stereocenters. The predicted molar refractivity (Wildman–Crippen MR) is 78.4 cm³/mol. The Labute approximate surface area is 132 Å². The first kappa shape index (κ1) is 17.4. The Balaban J connectivity index is 2.17. The normalized spacial score (nSPS) is 18.1. The molecule has 128 valence electrons. The van der Waals surface area contributed by atoms with Crippen LogP contribution in [0.4, 0.5) is 23.7 Å². The first-order chi connectivity index (χ1) is 10.8. The molecule has 1 aromatic carbocycles. The fraction of sp³-hybridized carbons (Fsp3) is 0.533. The summed E-state index contributed by atoms with van der Waals surface area (Å²) >= 11 is 0. The van der Waals surface area contributed by atoms with E-state index in [2.05, 4.69) is 5.32 Å². The number of aliphatic hydroxyl groups excluding tert-OH is 1. The van der Waals surface area contributed by atoms with Crippen molar-refractivity contribution in [2.75, 3.05) is 31.6 Å². The van der Waals surface area contributed by atoms with Crippen LogP contribution in [0.25, 0.3) is 0 Å². The number of carbonyl (C=O) groups excluding carboxylic acids is 1. The number of hydrogen-bond donors (Lipinski definition) is 2. The second-order valence-electron chi connectivity index (χ2n) is 5.35. The summed E-state index contributed by atoms with van der Waals surface area (Å²) in [5, 5.41) is 11.4. The van der Waals surface area contributed by atoms with Gasteiger partial charge in [-0.05, 0) is 31.5 Å². The van der Waals surface area contributed by atoms with Crippen LogP contribution in [0.5, 0.6) is 5.75 Å². The van der Waals surface area contributed by atoms with Crippen LogP contribution in [0, 0.1) is 5.92 Å². The van der Waals surface area contributed by atoms with Gasteiger partial charge in [0.15, 0.2) is 0 Å². The molecule has 2 N–H and O–H groups in total. The van der Waals surface area contributed by atoms with Crippen molar-refractivity contribution in [3.8, 4) is 5.75 Å². The number of rotatable bonds is 4. The lowest BCUT2D eigenvalue weighted by molar-refractivity contribution is -0.137. The first-order valence-electron chi connectivity index (χ1n) is 7.36. The number of ether oxygens (including phenoxy) is 1. The monoisotopic (exact) mass is 332 g/mol. The minimum atomic E-state index is -4.60. The van der Waals surface area contributed by atoms with Gasteiger partial charge in [-0.3, -0.25) is 0 Å². The topological polar surface area (TPSA) is 61.8 Å². The quantitative estimate of drug-likeness (QED) is 0.891. The van der Waals surface area contributed by atoms with Gasteiger partial charge in [-0.25, -0.2) is 4.79 Å². The van der Waals surface area contributed by atoms with E-state index in [4.69, 9.17) is 9.84 Å². The highest BCUT2D eigenvalue weighted by Crippen LogP contribution is 2.37. The molecule has 0 radical (unpaired) electrons. The summed E-state index contributed by atoms with van der Waals surface area (Å²) in [4.78, 5) is 13.5. The van der Waals surface area contributed by atoms with Crippen molar-refractivity contribution in [3.05, 3.63) is 23.8 Å². The highest BCUT2D eigenvalue weighted by atomic mass is 19.4. The maximum atomic E-state index is 13.2. The molecule has 0 saturated carbocycles. The van der Waals surface area contributed by atoms with Gasteiger partial charge < -0.3 is 20.1 Å². The van der Waals surface area contributed by atoms with Crippen LogP contribution < -0.4 is 10.1 Å². The molecule has 23 heavy (non-hydrogen) atoms. The summed E-state index contributed by atoms with van der Waals surface area (Å²) in [5.74, 6) is 0.0718. The number of nitrogens with one attached hydrogen (secondary N) is 1. The first-order valence-corrected chi connectivity index (χ1v) is 7.36. The van der Waals surface area contributed by atoms with Gasteiger partial charge in [0.2, 0.25) is 0 Å². The second kappa shape index (κ2) is 7.08. The summed E-state index contributed by atoms with van der Waals surface area (Å²) in [7, 11) is 0. The fourth-order valence-electron chi connectivity index (χ4n) is 2.48. The van der Waals surface area contributed by atoms with Gasteiger partial charge >= 0.3 is 12.2 Å². The number of likely N-dealkylation sites (tertiary alicyclic amines) is 1. The van der Waals surface area contributed by atoms with E-state index in [1.54, 1.807) is 6.92 Å². The van der Waals surface area contributed by atoms with Crippen LogP contribution in [-0.4, -0.2) is 42.3 Å². The van der Waals surface area contributed by atoms with E-state index in [1.807, 2.05) is 0 Å². The summed E-state index contributed by atoms with van der Waals surface area (Å²) in [6.07, 6.45) is -3.96. The lowest BCUT2D eigenvalue weighted by Gasteiger charge is -2.20. The Bertz CT molecular complexity index is 563. The van der Waals surface area contributed by atoms with Gasteiger partial charge in [0.25, 0.3) is 0 Å². The van der Waals surface area contributed by atoms with E-state index < -0.39 is 17.8 Å². The van der Waals surface area contributed by atoms with E-state index in [1.165, 1.54) is 17.0 Å². The molecule has 1 saturated heterocycles. The van der Waals surface area contributed by atoms with Crippen molar-refractivity contribution in [1.29, 1.82) is 0 Å². The predicted octanol–water partition coefficient (Wildman–Crippen LogP) is 2.95. The molecule has 0 aromatic heterocycles. The van der Waals surface area contributed by atoms with Crippen molar-refractivity contribution < 1.29 is 27.8 Å². The van der Waals surface area contributed by atoms with Crippen LogP contribution in [0.3, 0.4) is 0 Å². The standard InChI is InChI=1S/C15H19F3N2O3/c1-2-23-11-3-4-13(12(7-11)15(16,17)18)19-14(22)20-6-5-10(8-20)9-21/h3-4,7,10,21H,2,5-6,8-9H2,1H3,(H,19,22). The van der Waals surface area contributed by atoms with E-state index >= 15 is 0 Å². The van der Waals surface area contributed by atoms with E-state index in [9.17, 15) is 18.0 Å². The third-order valence-electron chi connectivity index (χ3n) is 3.68. The number of anilines is 1. The van der Waals surface area contributed by atoms with Crippen molar-refractivity contribution >= 4 is 11.7 Å². The van der Waals surface area contributed by atoms with Crippen molar-refractivity contribution in [2.24, 2.45) is 5.92 Å². The van der Waals surface area contributed by atoms with Gasteiger partial charge in [-0.15, -0.1) is 0 Å². The second-order valence-corrected chi connectivity index (χ2v) is 5.35. The average molecular weight is 332 g/mol. The molecule has 0 aliphatic carbocycles. The molecule has 8 heteroatoms. The number of halogens is 3. The molecule has 1 heterocycles. The van der Waals surface area contributed by atoms with E-state index in [0.717, 1.165) is 6.07 Å². The van der Waals surface area contributed by atoms with Gasteiger partial charge in [-0.2, -0.15) is 13.2 Å². The van der Waals surface area contributed by atoms with Gasteiger partial charge in [0.1, 0.15) is 5.75 Å². The number of carbonyl (C=O) groups is 1. The molecule has 1 aliphatic rings. The Hall–Kier alpha value is -1.96. The lowest BCUT2D eigenvalue weighted by Crippen LogP contribution is -2.33. The molecular weight excluding hydrogens is 313 g/mol. The SMILES string of the molecule is CCOc1ccc(NC(=O)N2CCC(CO)C2)c(C(F)(F)F)c1. The minimum absolute atomic E-state index is 0.0248. The Morgan fingerprint density at radius 1 is 1.48 bits per heavy atom. The van der Waals surface area contributed by atoms with Crippen LogP contribution in [0.1, 0.15) is 18.9 Å². The number of urea groups is 1. The zero-order chi connectivity index (χ0) is 17.0. The third-order valence-corrected chi connectivity index (χ3v) is 3.68. The van der Waals surface area contributed by atoms with Gasteiger partial charge in [0, 0.05) is 25.6 Å². The lowest BCUT2D eigenvalue weighted by atomic mass is 10.1. The molecular formula is C15H19F3N2O3. The van der Waals surface area contributed by atoms with Crippen LogP contribution in [0.15, 0.2) is 18.2 Å². The number of amides is 2. The molecule has 1 aromatic rings. The van der Waals surface area contributed by atoms with Gasteiger partial charge in [0.05, 0.1) is 17.9 Å². The number of aliphatic hydroxyl groups is 1. The van der Waals surface area contributed by atoms with Crippen LogP contribution in [0.2, 0.25) is 0 Å². The fourth-order valence-corrected chi connectivity index (χ4v) is 2.48. The maximum Gasteiger partial charge on any atom is 0.418 e. The zero-order valence-corrected chi connectivity index (χ0v) is 12.7. The number of nitrogens with zero attached hydrogens (tertiary/aromatic N) is 1. The smallest absolute Gasteiger partial charge is 0.418 e. The summed E-state index contributed by atoms with van der Waals surface area (Å²) in [6, 6.07) is 2.84. The average Bonchev–Trinajstić information content (AvgIpc) is 2.97. The largest absolute Gasteiger partial charge is 0.494 e. The Kier molecular flexibility index (Phi) is 5.35. The maximum absolute atomic E-state index is 13.2. The molecule has 5 nitrogen and oxygen atoms in total. The molecule has 2 rings (SSSR count). The van der Waals surface area contributed by atoms with Crippen molar-refractivity contribution in [1.82, 2.24) is 4.90 Å². The zero-order valence-electron chi connectivity index (χ0n) is 12.7. The Morgan fingerprint density at radius 3 is 2.78 bits per heavy atom. The van der Waals surface area contributed by atoms with Crippen molar-refractivity contribution in [2.45, 2.75) is 19.5 Å². The number of alkyl halides is 3. The molecule has 2 amide bonds. The van der Waals surface area contributed by atoms with Crippen molar-refractivity contribution in [3.63, 3.8) is 0 Å². The highest BCUT2D eigenvalue weighted by molar-refractivity contribution is 5.90. The van der Waals surface area contributed by atoms with Crippen LogP contribution in [-0.2, 0) is 6.18 Å². The Morgan fingerprint density at radius 2 is 2.22 bits per heavy atom. The summed E-state index contributed by atoms with van der Waals surface area (Å²) < 4.78 is 44.6. The molecule has 0 spiro atoms. The van der Waals surface area contributed by atoms with Gasteiger partial charge in [-0.1, -0.05) is 0 Å². The molecule has 1 aliphatic heterocycles. The molecule has 1 atom stereocenters. The number of hydrogen-bond acceptors (Lipinski definition) is 3. The minimum Gasteiger partial charge on any atom is -0.494 e.